The number of hydrogen-bond donors (Lipinski definition) is 0. The highest BCUT2D eigenvalue weighted by atomic mass is 35.5. The quantitative estimate of drug-likeness (QED) is 0.794. The van der Waals surface area contributed by atoms with E-state index in [9.17, 15) is 0 Å². The molecule has 1 saturated carbocycles. The molecule has 0 unspecified atom stereocenters. The molecule has 0 spiro atoms. The van der Waals surface area contributed by atoms with Gasteiger partial charge in [0.1, 0.15) is 5.15 Å². The van der Waals surface area contributed by atoms with Gasteiger partial charge in [0.25, 0.3) is 0 Å². The van der Waals surface area contributed by atoms with Crippen molar-refractivity contribution in [3.63, 3.8) is 0 Å². The summed E-state index contributed by atoms with van der Waals surface area (Å²) in [5.74, 6) is 0.957. The molecule has 21 heavy (non-hydrogen) atoms. The van der Waals surface area contributed by atoms with Gasteiger partial charge < -0.3 is 4.90 Å². The molecule has 1 aromatic rings. The zero-order valence-corrected chi connectivity index (χ0v) is 13.6. The minimum absolute atomic E-state index is 0.655. The Kier molecular flexibility index (Phi) is 5.50. The Morgan fingerprint density at radius 1 is 1.05 bits per heavy atom. The highest BCUT2D eigenvalue weighted by molar-refractivity contribution is 6.30. The topological polar surface area (TPSA) is 19.4 Å². The Hall–Kier alpha value is -0.640. The molecule has 1 aromatic heterocycles. The van der Waals surface area contributed by atoms with Gasteiger partial charge in [-0.2, -0.15) is 0 Å². The molecule has 2 heterocycles. The van der Waals surface area contributed by atoms with Crippen LogP contribution in [0.3, 0.4) is 0 Å². The van der Waals surface area contributed by atoms with E-state index in [0.717, 1.165) is 31.1 Å². The zero-order valence-electron chi connectivity index (χ0n) is 12.8. The van der Waals surface area contributed by atoms with Crippen LogP contribution >= 0.6 is 11.6 Å². The van der Waals surface area contributed by atoms with Gasteiger partial charge in [0.05, 0.1) is 0 Å². The standard InChI is InChI=1S/C17H26ClN3/c18-17-16(7-4-8-19-17)14-21-11-9-20(10-12-21)13-15-5-2-1-3-6-15/h4,7-8,15H,1-3,5-6,9-14H2. The van der Waals surface area contributed by atoms with Crippen LogP contribution in [-0.4, -0.2) is 47.5 Å². The molecule has 3 rings (SSSR count). The Morgan fingerprint density at radius 2 is 1.76 bits per heavy atom. The molecule has 116 valence electrons. The van der Waals surface area contributed by atoms with E-state index in [-0.39, 0.29) is 0 Å². The number of halogens is 1. The maximum atomic E-state index is 6.15. The Morgan fingerprint density at radius 3 is 2.48 bits per heavy atom. The monoisotopic (exact) mass is 307 g/mol. The van der Waals surface area contributed by atoms with E-state index < -0.39 is 0 Å². The lowest BCUT2D eigenvalue weighted by Gasteiger charge is -2.37. The number of nitrogens with zero attached hydrogens (tertiary/aromatic N) is 3. The number of hydrogen-bond acceptors (Lipinski definition) is 3. The van der Waals surface area contributed by atoms with Crippen LogP contribution in [0.2, 0.25) is 5.15 Å². The lowest BCUT2D eigenvalue weighted by molar-refractivity contribution is 0.105. The molecule has 2 fully saturated rings. The Balaban J connectivity index is 1.43. The van der Waals surface area contributed by atoms with Crippen molar-refractivity contribution < 1.29 is 0 Å². The normalized spacial score (nSPS) is 22.5. The van der Waals surface area contributed by atoms with Crippen molar-refractivity contribution in [2.24, 2.45) is 5.92 Å². The third kappa shape index (κ3) is 4.41. The molecule has 0 aromatic carbocycles. The summed E-state index contributed by atoms with van der Waals surface area (Å²) < 4.78 is 0. The van der Waals surface area contributed by atoms with Crippen molar-refractivity contribution in [2.75, 3.05) is 32.7 Å². The fraction of sp³-hybridized carbons (Fsp3) is 0.706. The first-order chi connectivity index (χ1) is 10.3. The summed E-state index contributed by atoms with van der Waals surface area (Å²) >= 11 is 6.15. The largest absolute Gasteiger partial charge is 0.301 e. The van der Waals surface area contributed by atoms with Gasteiger partial charge in [-0.3, -0.25) is 4.90 Å². The highest BCUT2D eigenvalue weighted by Crippen LogP contribution is 2.25. The summed E-state index contributed by atoms with van der Waals surface area (Å²) in [6, 6.07) is 4.06. The van der Waals surface area contributed by atoms with Gasteiger partial charge in [0.2, 0.25) is 0 Å². The van der Waals surface area contributed by atoms with Gasteiger partial charge in [-0.25, -0.2) is 4.98 Å². The number of rotatable bonds is 4. The highest BCUT2D eigenvalue weighted by Gasteiger charge is 2.21. The maximum absolute atomic E-state index is 6.15. The van der Waals surface area contributed by atoms with Crippen LogP contribution in [0.5, 0.6) is 0 Å². The van der Waals surface area contributed by atoms with Crippen LogP contribution in [0, 0.1) is 5.92 Å². The van der Waals surface area contributed by atoms with Crippen molar-refractivity contribution in [2.45, 2.75) is 38.6 Å². The molecule has 1 aliphatic carbocycles. The molecule has 0 radical (unpaired) electrons. The van der Waals surface area contributed by atoms with Gasteiger partial charge in [0, 0.05) is 51.0 Å². The number of aromatic nitrogens is 1. The molecule has 3 nitrogen and oxygen atoms in total. The van der Waals surface area contributed by atoms with Crippen molar-refractivity contribution in [3.8, 4) is 0 Å². The fourth-order valence-corrected chi connectivity index (χ4v) is 3.82. The Bertz CT molecular complexity index is 437. The molecule has 0 N–H and O–H groups in total. The molecule has 0 amide bonds. The first kappa shape index (κ1) is 15.3. The predicted molar refractivity (Wildman–Crippen MR) is 87.5 cm³/mol. The zero-order chi connectivity index (χ0) is 14.5. The second-order valence-corrected chi connectivity index (χ2v) is 6.89. The molecular weight excluding hydrogens is 282 g/mol. The van der Waals surface area contributed by atoms with E-state index in [0.29, 0.717) is 5.15 Å². The van der Waals surface area contributed by atoms with Gasteiger partial charge in [-0.05, 0) is 24.8 Å². The van der Waals surface area contributed by atoms with E-state index in [4.69, 9.17) is 11.6 Å². The third-order valence-corrected chi connectivity index (χ3v) is 5.28. The van der Waals surface area contributed by atoms with Crippen molar-refractivity contribution in [1.29, 1.82) is 0 Å². The molecule has 2 aliphatic rings. The second-order valence-electron chi connectivity index (χ2n) is 6.53. The summed E-state index contributed by atoms with van der Waals surface area (Å²) in [7, 11) is 0. The van der Waals surface area contributed by atoms with E-state index in [1.54, 1.807) is 6.20 Å². The first-order valence-corrected chi connectivity index (χ1v) is 8.73. The lowest BCUT2D eigenvalue weighted by Crippen LogP contribution is -2.47. The summed E-state index contributed by atoms with van der Waals surface area (Å²) in [5.41, 5.74) is 1.15. The summed E-state index contributed by atoms with van der Waals surface area (Å²) in [4.78, 5) is 9.33. The van der Waals surface area contributed by atoms with Gasteiger partial charge in [0.15, 0.2) is 0 Å². The molecule has 0 atom stereocenters. The molecule has 1 aliphatic heterocycles. The average Bonchev–Trinajstić information content (AvgIpc) is 2.52. The van der Waals surface area contributed by atoms with Crippen LogP contribution in [0.4, 0.5) is 0 Å². The molecule has 4 heteroatoms. The smallest absolute Gasteiger partial charge is 0.133 e. The SMILES string of the molecule is Clc1ncccc1CN1CCN(CC2CCCCC2)CC1. The van der Waals surface area contributed by atoms with Crippen LogP contribution < -0.4 is 0 Å². The first-order valence-electron chi connectivity index (χ1n) is 8.35. The molecule has 1 saturated heterocycles. The fourth-order valence-electron chi connectivity index (χ4n) is 3.64. The minimum Gasteiger partial charge on any atom is -0.301 e. The van der Waals surface area contributed by atoms with Crippen LogP contribution in [0.25, 0.3) is 0 Å². The predicted octanol–water partition coefficient (Wildman–Crippen LogP) is 3.43. The van der Waals surface area contributed by atoms with Gasteiger partial charge in [-0.15, -0.1) is 0 Å². The van der Waals surface area contributed by atoms with Crippen LogP contribution in [0.1, 0.15) is 37.7 Å². The second kappa shape index (κ2) is 7.57. The lowest BCUT2D eigenvalue weighted by atomic mass is 9.89. The molecule has 0 bridgehead atoms. The van der Waals surface area contributed by atoms with E-state index >= 15 is 0 Å². The average molecular weight is 308 g/mol. The van der Waals surface area contributed by atoms with Crippen molar-refractivity contribution >= 4 is 11.6 Å². The van der Waals surface area contributed by atoms with Gasteiger partial charge in [-0.1, -0.05) is 36.9 Å². The van der Waals surface area contributed by atoms with Crippen LogP contribution in [0.15, 0.2) is 18.3 Å². The van der Waals surface area contributed by atoms with E-state index in [1.165, 1.54) is 51.7 Å². The summed E-state index contributed by atoms with van der Waals surface area (Å²) in [5, 5.41) is 0.655. The Labute approximate surface area is 133 Å². The third-order valence-electron chi connectivity index (χ3n) is 4.94. The van der Waals surface area contributed by atoms with Crippen molar-refractivity contribution in [1.82, 2.24) is 14.8 Å². The summed E-state index contributed by atoms with van der Waals surface area (Å²) in [6.45, 7) is 6.96. The summed E-state index contributed by atoms with van der Waals surface area (Å²) in [6.07, 6.45) is 9.01. The molecular formula is C17H26ClN3. The number of pyridine rings is 1. The van der Waals surface area contributed by atoms with E-state index in [2.05, 4.69) is 20.9 Å². The van der Waals surface area contributed by atoms with Crippen LogP contribution in [-0.2, 0) is 6.54 Å². The van der Waals surface area contributed by atoms with Gasteiger partial charge >= 0.3 is 0 Å². The maximum Gasteiger partial charge on any atom is 0.133 e. The minimum atomic E-state index is 0.655. The van der Waals surface area contributed by atoms with E-state index in [1.807, 2.05) is 6.07 Å². The van der Waals surface area contributed by atoms with Crippen molar-refractivity contribution in [3.05, 3.63) is 29.0 Å². The number of piperazine rings is 1.